The van der Waals surface area contributed by atoms with E-state index in [1.54, 1.807) is 0 Å². The zero-order valence-electron chi connectivity index (χ0n) is 8.72. The predicted molar refractivity (Wildman–Crippen MR) is 54.3 cm³/mol. The molecule has 2 fully saturated rings. The quantitative estimate of drug-likeness (QED) is 0.513. The van der Waals surface area contributed by atoms with Gasteiger partial charge in [0.25, 0.3) is 0 Å². The summed E-state index contributed by atoms with van der Waals surface area (Å²) in [5.41, 5.74) is 0. The lowest BCUT2D eigenvalue weighted by molar-refractivity contribution is -0.154. The lowest BCUT2D eigenvalue weighted by Crippen LogP contribution is -2.28. The smallest absolute Gasteiger partial charge is 0.312 e. The molecule has 1 saturated carbocycles. The summed E-state index contributed by atoms with van der Waals surface area (Å²) in [6.07, 6.45) is 9.68. The van der Waals surface area contributed by atoms with Crippen LogP contribution in [0.3, 0.4) is 0 Å². The molecule has 3 unspecified atom stereocenters. The first-order valence-electron chi connectivity index (χ1n) is 5.87. The highest BCUT2D eigenvalue weighted by Gasteiger charge is 2.42. The van der Waals surface area contributed by atoms with Crippen molar-refractivity contribution < 1.29 is 14.3 Å². The van der Waals surface area contributed by atoms with Crippen molar-refractivity contribution in [3.63, 3.8) is 0 Å². The van der Waals surface area contributed by atoms with Crippen LogP contribution in [-0.4, -0.2) is 24.3 Å². The van der Waals surface area contributed by atoms with Crippen LogP contribution in [0.1, 0.15) is 32.1 Å². The van der Waals surface area contributed by atoms with Gasteiger partial charge < -0.3 is 9.47 Å². The first-order chi connectivity index (χ1) is 7.33. The fourth-order valence-corrected chi connectivity index (χ4v) is 2.76. The molecule has 0 aromatic carbocycles. The summed E-state index contributed by atoms with van der Waals surface area (Å²) in [6, 6.07) is 0. The Balaban J connectivity index is 1.58. The molecule has 2 bridgehead atoms. The van der Waals surface area contributed by atoms with Crippen LogP contribution in [0.25, 0.3) is 0 Å². The Morgan fingerprint density at radius 1 is 1.27 bits per heavy atom. The molecule has 3 heteroatoms. The number of hydrogen-bond donors (Lipinski definition) is 0. The van der Waals surface area contributed by atoms with Gasteiger partial charge in [0.15, 0.2) is 0 Å². The molecule has 82 valence electrons. The maximum absolute atomic E-state index is 11.9. The molecule has 3 atom stereocenters. The highest BCUT2D eigenvalue weighted by atomic mass is 16.6. The van der Waals surface area contributed by atoms with Crippen LogP contribution in [0, 0.1) is 5.92 Å². The van der Waals surface area contributed by atoms with E-state index in [1.807, 2.05) is 12.2 Å². The highest BCUT2D eigenvalue weighted by Crippen LogP contribution is 2.35. The fraction of sp³-hybridized carbons (Fsp3) is 0.750. The van der Waals surface area contributed by atoms with E-state index in [1.165, 1.54) is 12.8 Å². The number of rotatable bonds is 2. The van der Waals surface area contributed by atoms with Crippen molar-refractivity contribution in [2.75, 3.05) is 0 Å². The molecule has 2 aliphatic heterocycles. The number of hydrogen-bond acceptors (Lipinski definition) is 3. The Hall–Kier alpha value is -0.830. The van der Waals surface area contributed by atoms with Gasteiger partial charge in [-0.3, -0.25) is 4.79 Å². The van der Waals surface area contributed by atoms with E-state index in [4.69, 9.17) is 9.47 Å². The van der Waals surface area contributed by atoms with Gasteiger partial charge >= 0.3 is 5.97 Å². The van der Waals surface area contributed by atoms with Crippen molar-refractivity contribution in [1.82, 2.24) is 0 Å². The minimum Gasteiger partial charge on any atom is -0.462 e. The van der Waals surface area contributed by atoms with E-state index in [-0.39, 0.29) is 30.2 Å². The molecule has 1 aliphatic carbocycles. The summed E-state index contributed by atoms with van der Waals surface area (Å²) in [7, 11) is 0. The van der Waals surface area contributed by atoms with Gasteiger partial charge in [0, 0.05) is 0 Å². The van der Waals surface area contributed by atoms with Crippen molar-refractivity contribution in [2.24, 2.45) is 5.92 Å². The van der Waals surface area contributed by atoms with Crippen molar-refractivity contribution in [2.45, 2.75) is 50.4 Å². The van der Waals surface area contributed by atoms with E-state index in [9.17, 15) is 4.79 Å². The summed E-state index contributed by atoms with van der Waals surface area (Å²) in [6.45, 7) is 0. The topological polar surface area (TPSA) is 35.5 Å². The van der Waals surface area contributed by atoms with Crippen molar-refractivity contribution in [3.05, 3.63) is 12.2 Å². The first-order valence-corrected chi connectivity index (χ1v) is 5.87. The fourth-order valence-electron chi connectivity index (χ4n) is 2.76. The first kappa shape index (κ1) is 9.40. The largest absolute Gasteiger partial charge is 0.462 e. The molecular formula is C12H16O3. The van der Waals surface area contributed by atoms with E-state index >= 15 is 0 Å². The van der Waals surface area contributed by atoms with Gasteiger partial charge in [-0.1, -0.05) is 12.2 Å². The standard InChI is InChI=1S/C12H16O3/c13-12(15-8-3-1-2-4-8)10-7-9-5-6-11(10)14-9/h5-6,8-11H,1-4,7H2. The maximum atomic E-state index is 11.9. The van der Waals surface area contributed by atoms with Crippen LogP contribution in [0.2, 0.25) is 0 Å². The van der Waals surface area contributed by atoms with Gasteiger partial charge in [-0.15, -0.1) is 0 Å². The molecule has 1 saturated heterocycles. The normalized spacial score (nSPS) is 38.8. The lowest BCUT2D eigenvalue weighted by Gasteiger charge is -2.17. The molecule has 0 N–H and O–H groups in total. The van der Waals surface area contributed by atoms with E-state index in [0.717, 1.165) is 19.3 Å². The zero-order valence-corrected chi connectivity index (χ0v) is 8.72. The summed E-state index contributed by atoms with van der Waals surface area (Å²) in [4.78, 5) is 11.9. The van der Waals surface area contributed by atoms with Crippen LogP contribution < -0.4 is 0 Å². The van der Waals surface area contributed by atoms with E-state index < -0.39 is 0 Å². The van der Waals surface area contributed by atoms with Crippen LogP contribution in [-0.2, 0) is 14.3 Å². The van der Waals surface area contributed by atoms with Crippen LogP contribution >= 0.6 is 0 Å². The van der Waals surface area contributed by atoms with Gasteiger partial charge in [0.2, 0.25) is 0 Å². The second-order valence-corrected chi connectivity index (χ2v) is 4.71. The molecule has 3 aliphatic rings. The number of esters is 1. The zero-order chi connectivity index (χ0) is 10.3. The maximum Gasteiger partial charge on any atom is 0.312 e. The van der Waals surface area contributed by atoms with Gasteiger partial charge in [-0.25, -0.2) is 0 Å². The van der Waals surface area contributed by atoms with Gasteiger partial charge in [-0.2, -0.15) is 0 Å². The number of carbonyl (C=O) groups is 1. The molecule has 2 heterocycles. The van der Waals surface area contributed by atoms with Gasteiger partial charge in [-0.05, 0) is 32.1 Å². The summed E-state index contributed by atoms with van der Waals surface area (Å²) in [5.74, 6) is -0.0839. The second-order valence-electron chi connectivity index (χ2n) is 4.71. The number of carbonyl (C=O) groups excluding carboxylic acids is 1. The molecule has 15 heavy (non-hydrogen) atoms. The molecule has 0 aromatic heterocycles. The average Bonchev–Trinajstić information content (AvgIpc) is 2.93. The van der Waals surface area contributed by atoms with Gasteiger partial charge in [0.1, 0.15) is 6.10 Å². The van der Waals surface area contributed by atoms with Crippen molar-refractivity contribution in [1.29, 1.82) is 0 Å². The Morgan fingerprint density at radius 2 is 2.07 bits per heavy atom. The molecular weight excluding hydrogens is 192 g/mol. The summed E-state index contributed by atoms with van der Waals surface area (Å²) >= 11 is 0. The minimum absolute atomic E-state index is 0.0103. The molecule has 3 rings (SSSR count). The monoisotopic (exact) mass is 208 g/mol. The predicted octanol–water partition coefficient (Wildman–Crippen LogP) is 1.82. The Labute approximate surface area is 89.4 Å². The third kappa shape index (κ3) is 1.69. The average molecular weight is 208 g/mol. The Morgan fingerprint density at radius 3 is 2.67 bits per heavy atom. The minimum atomic E-state index is -0.0428. The Kier molecular flexibility index (Phi) is 2.28. The number of fused-ring (bicyclic) bond motifs is 2. The molecule has 0 amide bonds. The second kappa shape index (κ2) is 3.63. The van der Waals surface area contributed by atoms with Crippen molar-refractivity contribution >= 4 is 5.97 Å². The van der Waals surface area contributed by atoms with Gasteiger partial charge in [0.05, 0.1) is 18.1 Å². The third-order valence-corrected chi connectivity index (χ3v) is 3.62. The van der Waals surface area contributed by atoms with E-state index in [0.29, 0.717) is 0 Å². The van der Waals surface area contributed by atoms with Crippen LogP contribution in [0.15, 0.2) is 12.2 Å². The summed E-state index contributed by atoms with van der Waals surface area (Å²) < 4.78 is 11.1. The number of ether oxygens (including phenoxy) is 2. The lowest BCUT2D eigenvalue weighted by atomic mass is 9.94. The SMILES string of the molecule is O=C(OC1CCCC1)C1CC2C=CC1O2. The third-order valence-electron chi connectivity index (χ3n) is 3.62. The molecule has 0 spiro atoms. The molecule has 0 aromatic rings. The highest BCUT2D eigenvalue weighted by molar-refractivity contribution is 5.74. The molecule has 3 nitrogen and oxygen atoms in total. The van der Waals surface area contributed by atoms with E-state index in [2.05, 4.69) is 0 Å². The summed E-state index contributed by atoms with van der Waals surface area (Å²) in [5, 5.41) is 0. The Bertz CT molecular complexity index is 291. The molecule has 0 radical (unpaired) electrons. The van der Waals surface area contributed by atoms with Crippen molar-refractivity contribution in [3.8, 4) is 0 Å². The van der Waals surface area contributed by atoms with Crippen LogP contribution in [0.5, 0.6) is 0 Å². The van der Waals surface area contributed by atoms with Crippen LogP contribution in [0.4, 0.5) is 0 Å².